The van der Waals surface area contributed by atoms with Gasteiger partial charge in [-0.15, -0.1) is 0 Å². The highest BCUT2D eigenvalue weighted by Crippen LogP contribution is 2.31. The van der Waals surface area contributed by atoms with Crippen LogP contribution in [0.5, 0.6) is 0 Å². The lowest BCUT2D eigenvalue weighted by molar-refractivity contribution is 0.949. The first-order valence-electron chi connectivity index (χ1n) is 4.85. The number of allylic oxidation sites excluding steroid dienone is 1. The third kappa shape index (κ3) is 1.44. The zero-order valence-electron chi connectivity index (χ0n) is 9.09. The van der Waals surface area contributed by atoms with Crippen molar-refractivity contribution in [1.82, 2.24) is 14.5 Å². The molecule has 0 aliphatic heterocycles. The highest BCUT2D eigenvalue weighted by molar-refractivity contribution is 5.94. The van der Waals surface area contributed by atoms with Crippen LogP contribution in [-0.2, 0) is 7.05 Å². The van der Waals surface area contributed by atoms with Crippen molar-refractivity contribution in [2.75, 3.05) is 0 Å². The molecule has 4 nitrogen and oxygen atoms in total. The maximum absolute atomic E-state index is 4.32. The molecule has 0 unspecified atom stereocenters. The minimum Gasteiger partial charge on any atom is -0.340 e. The van der Waals surface area contributed by atoms with Gasteiger partial charge in [-0.05, 0) is 6.08 Å². The van der Waals surface area contributed by atoms with Crippen LogP contribution in [0, 0.1) is 0 Å². The second-order valence-electron chi connectivity index (χ2n) is 3.27. The van der Waals surface area contributed by atoms with E-state index in [4.69, 9.17) is 0 Å². The first-order chi connectivity index (χ1) is 7.79. The van der Waals surface area contributed by atoms with Gasteiger partial charge in [0.2, 0.25) is 0 Å². The van der Waals surface area contributed by atoms with Gasteiger partial charge in [0.25, 0.3) is 0 Å². The fourth-order valence-electron chi connectivity index (χ4n) is 1.65. The molecule has 2 rings (SSSR count). The van der Waals surface area contributed by atoms with Crippen molar-refractivity contribution in [2.24, 2.45) is 12.0 Å². The molecule has 0 N–H and O–H groups in total. The number of hydrogen-bond donors (Lipinski definition) is 0. The molecule has 0 atom stereocenters. The number of nitrogens with zero attached hydrogens (tertiary/aromatic N) is 4. The summed E-state index contributed by atoms with van der Waals surface area (Å²) in [5.41, 5.74) is 3.49. The first kappa shape index (κ1) is 10.3. The number of hydrogen-bond acceptors (Lipinski definition) is 3. The number of aryl methyl sites for hydroxylation is 1. The zero-order chi connectivity index (χ0) is 11.5. The second kappa shape index (κ2) is 4.10. The topological polar surface area (TPSA) is 43.1 Å². The lowest BCUT2D eigenvalue weighted by Gasteiger charge is -1.97. The number of fused-ring (bicyclic) bond motifs is 1. The van der Waals surface area contributed by atoms with E-state index in [9.17, 15) is 0 Å². The molecule has 2 aromatic rings. The molecule has 4 heteroatoms. The van der Waals surface area contributed by atoms with E-state index in [1.807, 2.05) is 11.6 Å². The monoisotopic (exact) mass is 212 g/mol. The summed E-state index contributed by atoms with van der Waals surface area (Å²) in [6.07, 6.45) is 8.32. The van der Waals surface area contributed by atoms with Gasteiger partial charge in [0, 0.05) is 13.3 Å². The van der Waals surface area contributed by atoms with Crippen LogP contribution in [0.3, 0.4) is 0 Å². The van der Waals surface area contributed by atoms with E-state index in [2.05, 4.69) is 28.1 Å². The summed E-state index contributed by atoms with van der Waals surface area (Å²) in [5, 5.41) is 0. The van der Waals surface area contributed by atoms with Gasteiger partial charge >= 0.3 is 0 Å². The molecule has 2 heterocycles. The van der Waals surface area contributed by atoms with Crippen LogP contribution in [-0.4, -0.2) is 20.7 Å². The van der Waals surface area contributed by atoms with Gasteiger partial charge in [0.1, 0.15) is 17.5 Å². The highest BCUT2D eigenvalue weighted by atomic mass is 15.0. The van der Waals surface area contributed by atoms with E-state index < -0.39 is 0 Å². The molecule has 0 saturated carbocycles. The molecule has 0 aromatic carbocycles. The predicted molar refractivity (Wildman–Crippen MR) is 66.9 cm³/mol. The molecule has 2 aromatic heterocycles. The molecule has 0 fully saturated rings. The second-order valence-corrected chi connectivity index (χ2v) is 3.27. The van der Waals surface area contributed by atoms with Gasteiger partial charge in [0.15, 0.2) is 0 Å². The van der Waals surface area contributed by atoms with Crippen molar-refractivity contribution in [2.45, 2.75) is 0 Å². The Labute approximate surface area is 93.7 Å². The summed E-state index contributed by atoms with van der Waals surface area (Å²) < 4.78 is 1.97. The van der Waals surface area contributed by atoms with Crippen LogP contribution in [0.2, 0.25) is 0 Å². The Hall–Kier alpha value is -2.23. The van der Waals surface area contributed by atoms with Crippen LogP contribution in [0.4, 0.5) is 5.69 Å². The molecular formula is C12H12N4. The van der Waals surface area contributed by atoms with E-state index in [1.54, 1.807) is 24.6 Å². The maximum Gasteiger partial charge on any atom is 0.118 e. The summed E-state index contributed by atoms with van der Waals surface area (Å²) in [5.74, 6) is 0. The van der Waals surface area contributed by atoms with Crippen LogP contribution >= 0.6 is 0 Å². The van der Waals surface area contributed by atoms with E-state index in [-0.39, 0.29) is 0 Å². The molecule has 0 aliphatic rings. The SMILES string of the molecule is C=C/C=N\c1c(C=C)n(C)c2cncnc12. The predicted octanol–water partition coefficient (Wildman–Crippen LogP) is 2.50. The maximum atomic E-state index is 4.32. The van der Waals surface area contributed by atoms with Gasteiger partial charge in [0.05, 0.1) is 17.4 Å². The molecule has 0 aliphatic carbocycles. The fraction of sp³-hybridized carbons (Fsp3) is 0.0833. The van der Waals surface area contributed by atoms with Crippen molar-refractivity contribution in [3.63, 3.8) is 0 Å². The molecule has 0 saturated heterocycles. The summed E-state index contributed by atoms with van der Waals surface area (Å²) >= 11 is 0. The Kier molecular flexibility index (Phi) is 2.64. The molecule has 80 valence electrons. The summed E-state index contributed by atoms with van der Waals surface area (Å²) in [6.45, 7) is 7.39. The summed E-state index contributed by atoms with van der Waals surface area (Å²) in [6, 6.07) is 0. The van der Waals surface area contributed by atoms with Crippen molar-refractivity contribution < 1.29 is 0 Å². The highest BCUT2D eigenvalue weighted by Gasteiger charge is 2.12. The van der Waals surface area contributed by atoms with Crippen LogP contribution < -0.4 is 0 Å². The third-order valence-electron chi connectivity index (χ3n) is 2.38. The number of rotatable bonds is 3. The zero-order valence-corrected chi connectivity index (χ0v) is 9.09. The van der Waals surface area contributed by atoms with Gasteiger partial charge in [-0.2, -0.15) is 0 Å². The van der Waals surface area contributed by atoms with Gasteiger partial charge in [-0.25, -0.2) is 9.97 Å². The van der Waals surface area contributed by atoms with E-state index in [1.165, 1.54) is 6.33 Å². The lowest BCUT2D eigenvalue weighted by Crippen LogP contribution is -1.90. The van der Waals surface area contributed by atoms with Gasteiger partial charge in [-0.3, -0.25) is 4.99 Å². The van der Waals surface area contributed by atoms with Crippen molar-refractivity contribution >= 4 is 29.0 Å². The van der Waals surface area contributed by atoms with Gasteiger partial charge in [-0.1, -0.05) is 19.2 Å². The van der Waals surface area contributed by atoms with E-state index >= 15 is 0 Å². The standard InChI is InChI=1S/C12H12N4/c1-4-6-14-11-9(5-2)16(3)10-7-13-8-15-12(10)11/h4-8H,1-2H2,3H3/b14-6-. The Morgan fingerprint density at radius 1 is 1.44 bits per heavy atom. The average molecular weight is 212 g/mol. The van der Waals surface area contributed by atoms with Crippen LogP contribution in [0.1, 0.15) is 5.69 Å². The fourth-order valence-corrected chi connectivity index (χ4v) is 1.65. The van der Waals surface area contributed by atoms with Crippen molar-refractivity contribution in [3.8, 4) is 0 Å². The molecular weight excluding hydrogens is 200 g/mol. The Morgan fingerprint density at radius 2 is 2.25 bits per heavy atom. The molecule has 16 heavy (non-hydrogen) atoms. The molecule has 0 bridgehead atoms. The quantitative estimate of drug-likeness (QED) is 0.733. The smallest absolute Gasteiger partial charge is 0.118 e. The Balaban J connectivity index is 2.82. The third-order valence-corrected chi connectivity index (χ3v) is 2.38. The summed E-state index contributed by atoms with van der Waals surface area (Å²) in [4.78, 5) is 12.6. The molecule has 0 amide bonds. The average Bonchev–Trinajstić information content (AvgIpc) is 2.60. The van der Waals surface area contributed by atoms with Crippen LogP contribution in [0.25, 0.3) is 17.1 Å². The largest absolute Gasteiger partial charge is 0.340 e. The lowest BCUT2D eigenvalue weighted by atomic mass is 10.3. The van der Waals surface area contributed by atoms with E-state index in [0.29, 0.717) is 0 Å². The number of aliphatic imine (C=N–C) groups is 1. The van der Waals surface area contributed by atoms with Crippen molar-refractivity contribution in [1.29, 1.82) is 0 Å². The van der Waals surface area contributed by atoms with E-state index in [0.717, 1.165) is 22.4 Å². The van der Waals surface area contributed by atoms with Crippen molar-refractivity contribution in [3.05, 3.63) is 37.5 Å². The Bertz CT molecular complexity index is 578. The van der Waals surface area contributed by atoms with Crippen LogP contribution in [0.15, 0.2) is 36.8 Å². The minimum absolute atomic E-state index is 0.801. The first-order valence-corrected chi connectivity index (χ1v) is 4.85. The summed E-state index contributed by atoms with van der Waals surface area (Å²) in [7, 11) is 1.94. The number of aromatic nitrogens is 3. The molecule has 0 spiro atoms. The normalized spacial score (nSPS) is 11.1. The Morgan fingerprint density at radius 3 is 2.94 bits per heavy atom. The molecule has 0 radical (unpaired) electrons. The van der Waals surface area contributed by atoms with Gasteiger partial charge < -0.3 is 4.57 Å². The minimum atomic E-state index is 0.801.